The highest BCUT2D eigenvalue weighted by molar-refractivity contribution is 7.17. The highest BCUT2D eigenvalue weighted by Crippen LogP contribution is 2.24. The number of nitrogens with two attached hydrogens (primary N) is 1. The van der Waals surface area contributed by atoms with Crippen LogP contribution in [-0.4, -0.2) is 4.98 Å². The number of hydrogen-bond acceptors (Lipinski definition) is 3. The standard InChI is InChI=1S/C16H15FN2S/c1-10-2-3-13(17)6-11(10)7-14(18)12-8-16-15(19-9-12)4-5-20-16/h2-6,8-9,14H,7,18H2,1H3. The molecule has 0 saturated heterocycles. The number of halogens is 1. The van der Waals surface area contributed by atoms with Gasteiger partial charge in [0.1, 0.15) is 5.82 Å². The second-order valence-corrected chi connectivity index (χ2v) is 5.90. The molecule has 0 aliphatic carbocycles. The van der Waals surface area contributed by atoms with Crippen LogP contribution in [0.15, 0.2) is 41.9 Å². The van der Waals surface area contributed by atoms with Crippen LogP contribution >= 0.6 is 11.3 Å². The summed E-state index contributed by atoms with van der Waals surface area (Å²) in [7, 11) is 0. The third-order valence-corrected chi connectivity index (χ3v) is 4.36. The number of thiophene rings is 1. The summed E-state index contributed by atoms with van der Waals surface area (Å²) in [5.41, 5.74) is 10.2. The van der Waals surface area contributed by atoms with Crippen molar-refractivity contribution in [3.63, 3.8) is 0 Å². The number of aryl methyl sites for hydroxylation is 1. The Balaban J connectivity index is 1.88. The Bertz CT molecular complexity index is 751. The molecule has 0 amide bonds. The van der Waals surface area contributed by atoms with E-state index in [1.165, 1.54) is 6.07 Å². The van der Waals surface area contributed by atoms with E-state index >= 15 is 0 Å². The number of benzene rings is 1. The van der Waals surface area contributed by atoms with Crippen molar-refractivity contribution in [2.45, 2.75) is 19.4 Å². The lowest BCUT2D eigenvalue weighted by Crippen LogP contribution is -2.14. The molecule has 2 aromatic heterocycles. The van der Waals surface area contributed by atoms with E-state index in [1.807, 2.05) is 24.6 Å². The van der Waals surface area contributed by atoms with Gasteiger partial charge >= 0.3 is 0 Å². The highest BCUT2D eigenvalue weighted by Gasteiger charge is 2.11. The normalized spacial score (nSPS) is 12.8. The Kier molecular flexibility index (Phi) is 3.51. The molecule has 0 bridgehead atoms. The van der Waals surface area contributed by atoms with Gasteiger partial charge in [-0.15, -0.1) is 11.3 Å². The van der Waals surface area contributed by atoms with Gasteiger partial charge in [-0.05, 0) is 59.7 Å². The monoisotopic (exact) mass is 286 g/mol. The minimum Gasteiger partial charge on any atom is -0.324 e. The van der Waals surface area contributed by atoms with E-state index in [2.05, 4.69) is 11.1 Å². The molecule has 3 aromatic rings. The molecule has 0 spiro atoms. The van der Waals surface area contributed by atoms with Gasteiger partial charge in [0.25, 0.3) is 0 Å². The van der Waals surface area contributed by atoms with E-state index in [4.69, 9.17) is 5.73 Å². The second-order valence-electron chi connectivity index (χ2n) is 4.95. The van der Waals surface area contributed by atoms with Crippen molar-refractivity contribution in [2.24, 2.45) is 5.73 Å². The zero-order valence-corrected chi connectivity index (χ0v) is 12.0. The Hall–Kier alpha value is -1.78. The van der Waals surface area contributed by atoms with Crippen molar-refractivity contribution in [3.05, 3.63) is 64.4 Å². The van der Waals surface area contributed by atoms with Crippen LogP contribution < -0.4 is 5.73 Å². The van der Waals surface area contributed by atoms with Crippen LogP contribution in [0, 0.1) is 12.7 Å². The first-order valence-corrected chi connectivity index (χ1v) is 7.35. The van der Waals surface area contributed by atoms with Crippen molar-refractivity contribution < 1.29 is 4.39 Å². The van der Waals surface area contributed by atoms with E-state index in [0.717, 1.165) is 26.9 Å². The molecule has 0 saturated carbocycles. The van der Waals surface area contributed by atoms with Crippen LogP contribution in [0.2, 0.25) is 0 Å². The summed E-state index contributed by atoms with van der Waals surface area (Å²) in [6, 6.07) is 8.72. The Morgan fingerprint density at radius 1 is 1.30 bits per heavy atom. The van der Waals surface area contributed by atoms with Crippen molar-refractivity contribution in [3.8, 4) is 0 Å². The van der Waals surface area contributed by atoms with Gasteiger partial charge in [-0.1, -0.05) is 6.07 Å². The average molecular weight is 286 g/mol. The molecule has 4 heteroatoms. The first-order chi connectivity index (χ1) is 9.63. The molecule has 0 radical (unpaired) electrons. The van der Waals surface area contributed by atoms with Gasteiger partial charge in [-0.3, -0.25) is 4.98 Å². The summed E-state index contributed by atoms with van der Waals surface area (Å²) in [6.07, 6.45) is 2.43. The molecule has 1 unspecified atom stereocenters. The van der Waals surface area contributed by atoms with E-state index < -0.39 is 0 Å². The molecule has 2 heterocycles. The quantitative estimate of drug-likeness (QED) is 0.790. The lowest BCUT2D eigenvalue weighted by molar-refractivity contribution is 0.621. The Morgan fingerprint density at radius 2 is 2.15 bits per heavy atom. The van der Waals surface area contributed by atoms with Gasteiger partial charge in [0.2, 0.25) is 0 Å². The number of hydrogen-bond donors (Lipinski definition) is 1. The Labute approximate surface area is 121 Å². The fraction of sp³-hybridized carbons (Fsp3) is 0.188. The molecule has 0 aliphatic rings. The lowest BCUT2D eigenvalue weighted by atomic mass is 9.97. The number of aromatic nitrogens is 1. The largest absolute Gasteiger partial charge is 0.324 e. The van der Waals surface area contributed by atoms with Gasteiger partial charge in [0, 0.05) is 12.2 Å². The van der Waals surface area contributed by atoms with E-state index in [0.29, 0.717) is 6.42 Å². The smallest absolute Gasteiger partial charge is 0.123 e. The van der Waals surface area contributed by atoms with Gasteiger partial charge < -0.3 is 5.73 Å². The van der Waals surface area contributed by atoms with Gasteiger partial charge in [0.15, 0.2) is 0 Å². The van der Waals surface area contributed by atoms with Crippen molar-refractivity contribution >= 4 is 21.6 Å². The van der Waals surface area contributed by atoms with Gasteiger partial charge in [-0.25, -0.2) is 4.39 Å². The third-order valence-electron chi connectivity index (χ3n) is 3.50. The van der Waals surface area contributed by atoms with Crippen LogP contribution in [0.25, 0.3) is 10.2 Å². The second kappa shape index (κ2) is 5.31. The summed E-state index contributed by atoms with van der Waals surface area (Å²) in [4.78, 5) is 4.40. The van der Waals surface area contributed by atoms with Crippen molar-refractivity contribution in [2.75, 3.05) is 0 Å². The maximum atomic E-state index is 13.3. The number of nitrogens with zero attached hydrogens (tertiary/aromatic N) is 1. The van der Waals surface area contributed by atoms with Crippen LogP contribution in [0.5, 0.6) is 0 Å². The van der Waals surface area contributed by atoms with Crippen LogP contribution in [-0.2, 0) is 6.42 Å². The van der Waals surface area contributed by atoms with E-state index in [-0.39, 0.29) is 11.9 Å². The van der Waals surface area contributed by atoms with E-state index in [9.17, 15) is 4.39 Å². The number of fused-ring (bicyclic) bond motifs is 1. The molecule has 102 valence electrons. The topological polar surface area (TPSA) is 38.9 Å². The van der Waals surface area contributed by atoms with E-state index in [1.54, 1.807) is 23.5 Å². The first kappa shape index (κ1) is 13.2. The SMILES string of the molecule is Cc1ccc(F)cc1CC(N)c1cnc2ccsc2c1. The van der Waals surface area contributed by atoms with Crippen LogP contribution in [0.4, 0.5) is 4.39 Å². The number of rotatable bonds is 3. The van der Waals surface area contributed by atoms with Gasteiger partial charge in [-0.2, -0.15) is 0 Å². The zero-order chi connectivity index (χ0) is 14.1. The van der Waals surface area contributed by atoms with Crippen molar-refractivity contribution in [1.29, 1.82) is 0 Å². The first-order valence-electron chi connectivity index (χ1n) is 6.47. The molecule has 20 heavy (non-hydrogen) atoms. The third kappa shape index (κ3) is 2.57. The molecule has 2 nitrogen and oxygen atoms in total. The molecule has 0 fully saturated rings. The summed E-state index contributed by atoms with van der Waals surface area (Å²) in [5, 5.41) is 2.02. The summed E-state index contributed by atoms with van der Waals surface area (Å²) in [6.45, 7) is 1.97. The predicted molar refractivity (Wildman–Crippen MR) is 81.4 cm³/mol. The van der Waals surface area contributed by atoms with Crippen molar-refractivity contribution in [1.82, 2.24) is 4.98 Å². The summed E-state index contributed by atoms with van der Waals surface area (Å²) in [5.74, 6) is -0.218. The fourth-order valence-electron chi connectivity index (χ4n) is 2.28. The molecule has 3 rings (SSSR count). The molecular weight excluding hydrogens is 271 g/mol. The molecule has 0 aliphatic heterocycles. The predicted octanol–water partition coefficient (Wildman–Crippen LogP) is 3.99. The molecule has 2 N–H and O–H groups in total. The zero-order valence-electron chi connectivity index (χ0n) is 11.1. The molecular formula is C16H15FN2S. The summed E-state index contributed by atoms with van der Waals surface area (Å²) < 4.78 is 14.4. The maximum Gasteiger partial charge on any atom is 0.123 e. The lowest BCUT2D eigenvalue weighted by Gasteiger charge is -2.14. The van der Waals surface area contributed by atoms with Crippen LogP contribution in [0.1, 0.15) is 22.7 Å². The minimum absolute atomic E-state index is 0.172. The molecule has 1 atom stereocenters. The Morgan fingerprint density at radius 3 is 3.00 bits per heavy atom. The van der Waals surface area contributed by atoms with Crippen LogP contribution in [0.3, 0.4) is 0 Å². The minimum atomic E-state index is -0.218. The number of pyridine rings is 1. The van der Waals surface area contributed by atoms with Gasteiger partial charge in [0.05, 0.1) is 10.2 Å². The summed E-state index contributed by atoms with van der Waals surface area (Å²) >= 11 is 1.65. The highest BCUT2D eigenvalue weighted by atomic mass is 32.1. The molecule has 1 aromatic carbocycles. The average Bonchev–Trinajstić information content (AvgIpc) is 2.90. The maximum absolute atomic E-state index is 13.3. The fourth-order valence-corrected chi connectivity index (χ4v) is 3.07.